The van der Waals surface area contributed by atoms with Crippen molar-refractivity contribution in [3.63, 3.8) is 0 Å². The normalized spacial score (nSPS) is 16.9. The predicted molar refractivity (Wildman–Crippen MR) is 111 cm³/mol. The van der Waals surface area contributed by atoms with Gasteiger partial charge in [0.2, 0.25) is 5.91 Å². The lowest BCUT2D eigenvalue weighted by Crippen LogP contribution is -2.50. The summed E-state index contributed by atoms with van der Waals surface area (Å²) in [7, 11) is 0. The molecule has 152 valence electrons. The highest BCUT2D eigenvalue weighted by Crippen LogP contribution is 2.20. The lowest BCUT2D eigenvalue weighted by Gasteiger charge is -2.35. The van der Waals surface area contributed by atoms with E-state index in [0.717, 1.165) is 64.2 Å². The summed E-state index contributed by atoms with van der Waals surface area (Å²) < 4.78 is 0. The second-order valence-corrected chi connectivity index (χ2v) is 8.68. The molecule has 1 fully saturated rings. The van der Waals surface area contributed by atoms with Crippen LogP contribution in [0, 0.1) is 11.3 Å². The van der Waals surface area contributed by atoms with Gasteiger partial charge in [0.05, 0.1) is 0 Å². The predicted octanol–water partition coefficient (Wildman–Crippen LogP) is 3.80. The Labute approximate surface area is 161 Å². The van der Waals surface area contributed by atoms with Crippen molar-refractivity contribution in [2.75, 3.05) is 26.2 Å². The Balaban J connectivity index is 2.45. The zero-order valence-electron chi connectivity index (χ0n) is 18.0. The molecule has 0 aromatic rings. The minimum atomic E-state index is 0.196. The lowest BCUT2D eigenvalue weighted by atomic mass is 9.91. The van der Waals surface area contributed by atoms with E-state index in [0.29, 0.717) is 17.4 Å². The molecule has 1 aliphatic heterocycles. The van der Waals surface area contributed by atoms with E-state index in [1.807, 2.05) is 0 Å². The van der Waals surface area contributed by atoms with Crippen molar-refractivity contribution < 1.29 is 4.79 Å². The average molecular weight is 367 g/mol. The van der Waals surface area contributed by atoms with Crippen molar-refractivity contribution in [3.05, 3.63) is 0 Å². The van der Waals surface area contributed by atoms with Gasteiger partial charge in [0.1, 0.15) is 0 Å². The van der Waals surface area contributed by atoms with E-state index < -0.39 is 0 Å². The number of nitrogens with zero attached hydrogens (tertiary/aromatic N) is 2. The third-order valence-corrected chi connectivity index (χ3v) is 5.18. The highest BCUT2D eigenvalue weighted by atomic mass is 16.2. The van der Waals surface area contributed by atoms with E-state index in [1.54, 1.807) is 0 Å². The van der Waals surface area contributed by atoms with Crippen LogP contribution in [0.2, 0.25) is 0 Å². The molecule has 1 rings (SSSR count). The van der Waals surface area contributed by atoms with Crippen LogP contribution in [0.4, 0.5) is 0 Å². The molecule has 0 spiro atoms. The minimum absolute atomic E-state index is 0.196. The quantitative estimate of drug-likeness (QED) is 0.390. The molecule has 0 atom stereocenters. The van der Waals surface area contributed by atoms with Gasteiger partial charge in [-0.25, -0.2) is 0 Å². The minimum Gasteiger partial charge on any atom is -0.357 e. The molecule has 1 saturated heterocycles. The van der Waals surface area contributed by atoms with Gasteiger partial charge in [-0.3, -0.25) is 9.79 Å². The maximum Gasteiger partial charge on any atom is 0.225 e. The van der Waals surface area contributed by atoms with E-state index in [-0.39, 0.29) is 5.92 Å². The smallest absolute Gasteiger partial charge is 0.225 e. The maximum absolute atomic E-state index is 12.5. The molecule has 1 aliphatic rings. The van der Waals surface area contributed by atoms with Gasteiger partial charge in [-0.2, -0.15) is 0 Å². The van der Waals surface area contributed by atoms with Gasteiger partial charge in [-0.1, -0.05) is 34.6 Å². The Morgan fingerprint density at radius 2 is 1.77 bits per heavy atom. The first-order valence-electron chi connectivity index (χ1n) is 10.6. The van der Waals surface area contributed by atoms with Crippen LogP contribution in [0.5, 0.6) is 0 Å². The summed E-state index contributed by atoms with van der Waals surface area (Å²) >= 11 is 0. The number of likely N-dealkylation sites (tertiary alicyclic amines) is 1. The molecule has 0 bridgehead atoms. The van der Waals surface area contributed by atoms with Crippen molar-refractivity contribution in [2.24, 2.45) is 16.3 Å². The molecule has 1 heterocycles. The third-order valence-electron chi connectivity index (χ3n) is 5.18. The molecule has 0 unspecified atom stereocenters. The summed E-state index contributed by atoms with van der Waals surface area (Å²) in [6, 6.07) is 0.404. The highest BCUT2D eigenvalue weighted by Gasteiger charge is 2.26. The Morgan fingerprint density at radius 1 is 1.15 bits per heavy atom. The molecule has 1 amide bonds. The number of rotatable bonds is 8. The number of piperidine rings is 1. The third kappa shape index (κ3) is 8.41. The van der Waals surface area contributed by atoms with Crippen LogP contribution in [-0.4, -0.2) is 49.0 Å². The largest absolute Gasteiger partial charge is 0.357 e. The van der Waals surface area contributed by atoms with E-state index in [2.05, 4.69) is 57.1 Å². The SMILES string of the molecule is CCNC(=NCCCC(C)(C)C)NC1CCN(C(=O)C(CC)CC)CC1. The van der Waals surface area contributed by atoms with Crippen LogP contribution in [0.1, 0.15) is 80.1 Å². The van der Waals surface area contributed by atoms with Gasteiger partial charge in [-0.15, -0.1) is 0 Å². The molecule has 0 radical (unpaired) electrons. The lowest BCUT2D eigenvalue weighted by molar-refractivity contribution is -0.136. The number of guanidine groups is 1. The first kappa shape index (κ1) is 22.8. The number of hydrogen-bond donors (Lipinski definition) is 2. The van der Waals surface area contributed by atoms with Crippen LogP contribution in [0.3, 0.4) is 0 Å². The Bertz CT molecular complexity index is 430. The fourth-order valence-electron chi connectivity index (χ4n) is 3.45. The second-order valence-electron chi connectivity index (χ2n) is 8.68. The zero-order chi connectivity index (χ0) is 19.6. The number of aliphatic imine (C=N–C) groups is 1. The molecule has 5 heteroatoms. The Morgan fingerprint density at radius 3 is 2.27 bits per heavy atom. The highest BCUT2D eigenvalue weighted by molar-refractivity contribution is 5.80. The molecule has 0 saturated carbocycles. The van der Waals surface area contributed by atoms with Gasteiger partial charge < -0.3 is 15.5 Å². The first-order valence-corrected chi connectivity index (χ1v) is 10.6. The maximum atomic E-state index is 12.5. The van der Waals surface area contributed by atoms with E-state index >= 15 is 0 Å². The van der Waals surface area contributed by atoms with Crippen LogP contribution >= 0.6 is 0 Å². The summed E-state index contributed by atoms with van der Waals surface area (Å²) in [5, 5.41) is 6.93. The number of amides is 1. The molecular formula is C21H42N4O. The zero-order valence-corrected chi connectivity index (χ0v) is 18.0. The Kier molecular flexibility index (Phi) is 10.0. The van der Waals surface area contributed by atoms with Crippen LogP contribution in [-0.2, 0) is 4.79 Å². The van der Waals surface area contributed by atoms with Crippen molar-refractivity contribution in [1.82, 2.24) is 15.5 Å². The number of carbonyl (C=O) groups is 1. The Hall–Kier alpha value is -1.26. The van der Waals surface area contributed by atoms with Crippen LogP contribution in [0.15, 0.2) is 4.99 Å². The number of hydrogen-bond acceptors (Lipinski definition) is 2. The fourth-order valence-corrected chi connectivity index (χ4v) is 3.45. The van der Waals surface area contributed by atoms with Gasteiger partial charge in [0, 0.05) is 38.1 Å². The molecular weight excluding hydrogens is 324 g/mol. The van der Waals surface area contributed by atoms with Gasteiger partial charge in [0.15, 0.2) is 5.96 Å². The average Bonchev–Trinajstić information content (AvgIpc) is 2.59. The molecule has 0 aromatic carbocycles. The van der Waals surface area contributed by atoms with E-state index in [1.165, 1.54) is 6.42 Å². The van der Waals surface area contributed by atoms with Gasteiger partial charge in [0.25, 0.3) is 0 Å². The van der Waals surface area contributed by atoms with Crippen molar-refractivity contribution in [1.29, 1.82) is 0 Å². The first-order chi connectivity index (χ1) is 12.3. The monoisotopic (exact) mass is 366 g/mol. The molecule has 2 N–H and O–H groups in total. The summed E-state index contributed by atoms with van der Waals surface area (Å²) in [5.41, 5.74) is 0.371. The standard InChI is InChI=1S/C21H42N4O/c1-7-17(8-2)19(26)25-15-11-18(12-16-25)24-20(22-9-3)23-14-10-13-21(4,5)6/h17-18H,7-16H2,1-6H3,(H2,22,23,24). The summed E-state index contributed by atoms with van der Waals surface area (Å²) in [6.45, 7) is 16.6. The number of carbonyl (C=O) groups excluding carboxylic acids is 1. The number of nitrogens with one attached hydrogen (secondary N) is 2. The topological polar surface area (TPSA) is 56.7 Å². The van der Waals surface area contributed by atoms with Gasteiger partial charge in [-0.05, 0) is 50.9 Å². The molecule has 0 aromatic heterocycles. The van der Waals surface area contributed by atoms with Crippen molar-refractivity contribution >= 4 is 11.9 Å². The van der Waals surface area contributed by atoms with Crippen molar-refractivity contribution in [2.45, 2.75) is 86.1 Å². The van der Waals surface area contributed by atoms with E-state index in [9.17, 15) is 4.79 Å². The summed E-state index contributed by atoms with van der Waals surface area (Å²) in [6.07, 6.45) is 6.18. The molecule has 0 aliphatic carbocycles. The van der Waals surface area contributed by atoms with Crippen LogP contribution < -0.4 is 10.6 Å². The van der Waals surface area contributed by atoms with Gasteiger partial charge >= 0.3 is 0 Å². The van der Waals surface area contributed by atoms with E-state index in [4.69, 9.17) is 4.99 Å². The second kappa shape index (κ2) is 11.5. The van der Waals surface area contributed by atoms with Crippen molar-refractivity contribution in [3.8, 4) is 0 Å². The fraction of sp³-hybridized carbons (Fsp3) is 0.905. The molecule has 26 heavy (non-hydrogen) atoms. The molecule has 5 nitrogen and oxygen atoms in total. The summed E-state index contributed by atoms with van der Waals surface area (Å²) in [5.74, 6) is 1.46. The summed E-state index contributed by atoms with van der Waals surface area (Å²) in [4.78, 5) is 19.3. The van der Waals surface area contributed by atoms with Crippen LogP contribution in [0.25, 0.3) is 0 Å².